The molecule has 4 atom stereocenters. The van der Waals surface area contributed by atoms with Crippen molar-refractivity contribution in [3.8, 4) is 0 Å². The Morgan fingerprint density at radius 3 is 2.61 bits per heavy atom. The number of ketones is 1. The second-order valence-corrected chi connectivity index (χ2v) is 9.18. The summed E-state index contributed by atoms with van der Waals surface area (Å²) in [5.41, 5.74) is 9.34. The summed E-state index contributed by atoms with van der Waals surface area (Å²) in [6, 6.07) is 7.48. The molecule has 2 aromatic rings. The van der Waals surface area contributed by atoms with Gasteiger partial charge in [-0.3, -0.25) is 9.59 Å². The molecule has 164 valence electrons. The van der Waals surface area contributed by atoms with Crippen molar-refractivity contribution in [2.75, 3.05) is 5.32 Å². The number of aromatic nitrogens is 2. The summed E-state index contributed by atoms with van der Waals surface area (Å²) in [6.45, 7) is 4.10. The van der Waals surface area contributed by atoms with E-state index in [1.807, 2.05) is 37.4 Å². The first-order valence-corrected chi connectivity index (χ1v) is 11.5. The first-order valence-electron chi connectivity index (χ1n) is 11.5. The molecular formula is C25H32N4O2. The van der Waals surface area contributed by atoms with Crippen molar-refractivity contribution < 1.29 is 9.59 Å². The minimum absolute atomic E-state index is 0.0256. The number of carbonyl (C=O) groups excluding carboxylic acids is 2. The van der Waals surface area contributed by atoms with Crippen LogP contribution in [0.2, 0.25) is 0 Å². The zero-order valence-electron chi connectivity index (χ0n) is 18.4. The van der Waals surface area contributed by atoms with Crippen LogP contribution in [0.4, 0.5) is 11.6 Å². The third-order valence-electron chi connectivity index (χ3n) is 7.14. The smallest absolute Gasteiger partial charge is 0.227 e. The molecule has 4 rings (SSSR count). The molecule has 6 nitrogen and oxygen atoms in total. The molecule has 1 heterocycles. The highest BCUT2D eigenvalue weighted by Gasteiger charge is 2.50. The number of primary amides is 1. The molecule has 2 aliphatic rings. The molecule has 0 spiro atoms. The highest BCUT2D eigenvalue weighted by Crippen LogP contribution is 2.53. The van der Waals surface area contributed by atoms with Gasteiger partial charge in [-0.15, -0.1) is 0 Å². The Hall–Kier alpha value is -2.76. The fraction of sp³-hybridized carbons (Fsp3) is 0.520. The van der Waals surface area contributed by atoms with Gasteiger partial charge in [-0.2, -0.15) is 0 Å². The van der Waals surface area contributed by atoms with E-state index in [4.69, 9.17) is 10.7 Å². The molecule has 0 radical (unpaired) electrons. The van der Waals surface area contributed by atoms with Crippen molar-refractivity contribution in [3.05, 3.63) is 47.3 Å². The predicted molar refractivity (Wildman–Crippen MR) is 121 cm³/mol. The second kappa shape index (κ2) is 9.16. The first-order chi connectivity index (χ1) is 15.0. The summed E-state index contributed by atoms with van der Waals surface area (Å²) in [5, 5.41) is 3.25. The number of unbranched alkanes of at least 4 members (excludes halogenated alkanes) is 1. The number of hydrogen-bond acceptors (Lipinski definition) is 5. The number of hydrogen-bond donors (Lipinski definition) is 2. The maximum Gasteiger partial charge on any atom is 0.227 e. The van der Waals surface area contributed by atoms with Gasteiger partial charge in [0.2, 0.25) is 11.9 Å². The fourth-order valence-electron chi connectivity index (χ4n) is 5.47. The van der Waals surface area contributed by atoms with E-state index in [1.165, 1.54) is 6.42 Å². The van der Waals surface area contributed by atoms with Gasteiger partial charge in [0.1, 0.15) is 0 Å². The summed E-state index contributed by atoms with van der Waals surface area (Å²) >= 11 is 0. The quantitative estimate of drug-likeness (QED) is 0.578. The number of amides is 1. The van der Waals surface area contributed by atoms with Crippen LogP contribution >= 0.6 is 0 Å². The van der Waals surface area contributed by atoms with Gasteiger partial charge in [-0.05, 0) is 86.6 Å². The minimum Gasteiger partial charge on any atom is -0.369 e. The number of Topliss-reactive ketones (excluding diaryl/α,β-unsaturated/α-hetero) is 1. The van der Waals surface area contributed by atoms with Crippen molar-refractivity contribution in [2.45, 2.75) is 58.8 Å². The molecule has 2 saturated carbocycles. The molecule has 2 aliphatic carbocycles. The topological polar surface area (TPSA) is 98.0 Å². The Morgan fingerprint density at radius 2 is 1.90 bits per heavy atom. The van der Waals surface area contributed by atoms with E-state index in [9.17, 15) is 9.59 Å². The molecule has 3 N–H and O–H groups in total. The van der Waals surface area contributed by atoms with Gasteiger partial charge < -0.3 is 11.1 Å². The van der Waals surface area contributed by atoms with Gasteiger partial charge >= 0.3 is 0 Å². The minimum atomic E-state index is -0.157. The molecule has 2 fully saturated rings. The standard InChI is InChI=1S/C25H32N4O2/c1-3-4-5-22(30)16-8-10-19(11-9-16)28-25-27-14-15(2)21(29-25)13-20-17-6-7-18(12-17)23(20)24(26)31/h8-11,14,17-18,20,23H,3-7,12-13H2,1-2H3,(H2,26,31)(H,27,28,29)/t17-,18+,20+,23-/m0/s1. The van der Waals surface area contributed by atoms with Gasteiger partial charge in [0.05, 0.1) is 0 Å². The predicted octanol–water partition coefficient (Wildman–Crippen LogP) is 4.59. The zero-order valence-corrected chi connectivity index (χ0v) is 18.4. The number of aryl methyl sites for hydroxylation is 1. The van der Waals surface area contributed by atoms with E-state index in [1.54, 1.807) is 0 Å². The van der Waals surface area contributed by atoms with Crippen LogP contribution in [0.15, 0.2) is 30.5 Å². The van der Waals surface area contributed by atoms with Gasteiger partial charge in [-0.1, -0.05) is 13.3 Å². The van der Waals surface area contributed by atoms with E-state index in [-0.39, 0.29) is 23.5 Å². The summed E-state index contributed by atoms with van der Waals surface area (Å²) in [5.74, 6) is 1.84. The van der Waals surface area contributed by atoms with Crippen LogP contribution in [0.25, 0.3) is 0 Å². The molecule has 0 aliphatic heterocycles. The monoisotopic (exact) mass is 420 g/mol. The molecule has 31 heavy (non-hydrogen) atoms. The lowest BCUT2D eigenvalue weighted by Gasteiger charge is -2.29. The first kappa shape index (κ1) is 21.5. The molecule has 1 aromatic carbocycles. The molecule has 6 heteroatoms. The van der Waals surface area contributed by atoms with Crippen LogP contribution in [0.3, 0.4) is 0 Å². The number of nitrogens with two attached hydrogens (primary N) is 1. The summed E-state index contributed by atoms with van der Waals surface area (Å²) in [7, 11) is 0. The van der Waals surface area contributed by atoms with Crippen LogP contribution in [0.1, 0.15) is 67.1 Å². The van der Waals surface area contributed by atoms with E-state index < -0.39 is 0 Å². The molecular weight excluding hydrogens is 388 g/mol. The Balaban J connectivity index is 1.46. The molecule has 2 bridgehead atoms. The summed E-state index contributed by atoms with van der Waals surface area (Å²) < 4.78 is 0. The van der Waals surface area contributed by atoms with Crippen molar-refractivity contribution in [1.82, 2.24) is 9.97 Å². The van der Waals surface area contributed by atoms with Crippen LogP contribution in [-0.4, -0.2) is 21.7 Å². The Bertz CT molecular complexity index is 956. The molecule has 1 amide bonds. The highest BCUT2D eigenvalue weighted by atomic mass is 16.1. The average molecular weight is 421 g/mol. The Morgan fingerprint density at radius 1 is 1.16 bits per heavy atom. The molecule has 1 aromatic heterocycles. The lowest BCUT2D eigenvalue weighted by molar-refractivity contribution is -0.125. The van der Waals surface area contributed by atoms with Crippen molar-refractivity contribution in [3.63, 3.8) is 0 Å². The lowest BCUT2D eigenvalue weighted by atomic mass is 9.76. The highest BCUT2D eigenvalue weighted by molar-refractivity contribution is 5.96. The van der Waals surface area contributed by atoms with Crippen LogP contribution < -0.4 is 11.1 Å². The SMILES string of the molecule is CCCCC(=O)c1ccc(Nc2ncc(C)c(C[C@@H]3[C@H]4CC[C@H](C4)[C@@H]3C(N)=O)n2)cc1. The van der Waals surface area contributed by atoms with E-state index in [0.29, 0.717) is 24.2 Å². The van der Waals surface area contributed by atoms with Crippen LogP contribution in [-0.2, 0) is 11.2 Å². The molecule has 0 unspecified atom stereocenters. The number of nitrogens with one attached hydrogen (secondary N) is 1. The third-order valence-corrected chi connectivity index (χ3v) is 7.14. The average Bonchev–Trinajstić information content (AvgIpc) is 3.36. The van der Waals surface area contributed by atoms with Crippen molar-refractivity contribution in [1.29, 1.82) is 0 Å². The third kappa shape index (κ3) is 4.63. The van der Waals surface area contributed by atoms with Gasteiger partial charge in [0, 0.05) is 35.5 Å². The number of fused-ring (bicyclic) bond motifs is 2. The van der Waals surface area contributed by atoms with E-state index >= 15 is 0 Å². The zero-order chi connectivity index (χ0) is 22.0. The lowest BCUT2D eigenvalue weighted by Crippen LogP contribution is -2.35. The Labute approximate surface area is 184 Å². The van der Waals surface area contributed by atoms with E-state index in [2.05, 4.69) is 17.2 Å². The van der Waals surface area contributed by atoms with Crippen molar-refractivity contribution in [2.24, 2.45) is 29.4 Å². The summed E-state index contributed by atoms with van der Waals surface area (Å²) in [6.07, 6.45) is 8.56. The number of carbonyl (C=O) groups is 2. The maximum atomic E-state index is 12.2. The normalized spacial score (nSPS) is 24.3. The van der Waals surface area contributed by atoms with Crippen LogP contribution in [0.5, 0.6) is 0 Å². The second-order valence-electron chi connectivity index (χ2n) is 9.18. The van der Waals surface area contributed by atoms with Crippen LogP contribution in [0, 0.1) is 30.6 Å². The van der Waals surface area contributed by atoms with Gasteiger partial charge in [-0.25, -0.2) is 9.97 Å². The molecule has 0 saturated heterocycles. The fourth-order valence-corrected chi connectivity index (χ4v) is 5.47. The maximum absolute atomic E-state index is 12.2. The van der Waals surface area contributed by atoms with Gasteiger partial charge in [0.25, 0.3) is 0 Å². The number of anilines is 2. The number of nitrogens with zero attached hydrogens (tertiary/aromatic N) is 2. The largest absolute Gasteiger partial charge is 0.369 e. The summed E-state index contributed by atoms with van der Waals surface area (Å²) in [4.78, 5) is 33.4. The number of rotatable bonds is 9. The Kier molecular flexibility index (Phi) is 6.35. The number of benzene rings is 1. The van der Waals surface area contributed by atoms with Crippen molar-refractivity contribution >= 4 is 23.3 Å². The van der Waals surface area contributed by atoms with E-state index in [0.717, 1.165) is 54.6 Å². The van der Waals surface area contributed by atoms with Gasteiger partial charge in [0.15, 0.2) is 5.78 Å².